The Kier molecular flexibility index (Phi) is 2.80. The van der Waals surface area contributed by atoms with E-state index >= 15 is 0 Å². The van der Waals surface area contributed by atoms with Crippen LogP contribution in [0.4, 0.5) is 0 Å². The molecule has 1 aliphatic heterocycles. The molecule has 1 nitrogen and oxygen atoms in total. The SMILES string of the molecule is C1CCC(=[N+]2CCCCC2)CC1. The zero-order chi connectivity index (χ0) is 8.23. The second-order valence-electron chi connectivity index (χ2n) is 4.17. The summed E-state index contributed by atoms with van der Waals surface area (Å²) in [4.78, 5) is 0. The summed E-state index contributed by atoms with van der Waals surface area (Å²) >= 11 is 0. The molecule has 1 aliphatic carbocycles. The lowest BCUT2D eigenvalue weighted by molar-refractivity contribution is -0.539. The van der Waals surface area contributed by atoms with Gasteiger partial charge < -0.3 is 0 Å². The molecule has 1 saturated heterocycles. The van der Waals surface area contributed by atoms with Crippen LogP contribution in [0.25, 0.3) is 0 Å². The van der Waals surface area contributed by atoms with Crippen molar-refractivity contribution in [2.75, 3.05) is 13.1 Å². The Bertz CT molecular complexity index is 145. The minimum absolute atomic E-state index is 1.36. The Labute approximate surface area is 75.5 Å². The van der Waals surface area contributed by atoms with E-state index in [4.69, 9.17) is 0 Å². The maximum absolute atomic E-state index is 2.67. The van der Waals surface area contributed by atoms with E-state index < -0.39 is 0 Å². The van der Waals surface area contributed by atoms with Crippen LogP contribution >= 0.6 is 0 Å². The van der Waals surface area contributed by atoms with Crippen LogP contribution in [0.15, 0.2) is 0 Å². The van der Waals surface area contributed by atoms with Crippen LogP contribution in [0.5, 0.6) is 0 Å². The monoisotopic (exact) mass is 166 g/mol. The van der Waals surface area contributed by atoms with Gasteiger partial charge in [-0.05, 0) is 19.3 Å². The maximum atomic E-state index is 2.67. The smallest absolute Gasteiger partial charge is 0.152 e. The van der Waals surface area contributed by atoms with Gasteiger partial charge in [0.1, 0.15) is 13.1 Å². The second-order valence-corrected chi connectivity index (χ2v) is 4.17. The summed E-state index contributed by atoms with van der Waals surface area (Å²) in [7, 11) is 0. The van der Waals surface area contributed by atoms with Gasteiger partial charge in [-0.2, -0.15) is 0 Å². The summed E-state index contributed by atoms with van der Waals surface area (Å²) < 4.78 is 2.67. The summed E-state index contributed by atoms with van der Waals surface area (Å²) in [6.45, 7) is 2.71. The quantitative estimate of drug-likeness (QED) is 0.487. The molecule has 2 fully saturated rings. The average Bonchev–Trinajstić information content (AvgIpc) is 2.21. The van der Waals surface area contributed by atoms with Crippen molar-refractivity contribution in [3.05, 3.63) is 0 Å². The molecule has 0 radical (unpaired) electrons. The molecule has 0 aromatic heterocycles. The molecular weight excluding hydrogens is 146 g/mol. The van der Waals surface area contributed by atoms with Gasteiger partial charge in [0.25, 0.3) is 0 Å². The van der Waals surface area contributed by atoms with Gasteiger partial charge in [0.15, 0.2) is 5.71 Å². The Morgan fingerprint density at radius 3 is 1.92 bits per heavy atom. The van der Waals surface area contributed by atoms with Gasteiger partial charge in [0.05, 0.1) is 0 Å². The molecule has 12 heavy (non-hydrogen) atoms. The van der Waals surface area contributed by atoms with Crippen LogP contribution in [0, 0.1) is 0 Å². The molecule has 1 saturated carbocycles. The van der Waals surface area contributed by atoms with Crippen LogP contribution in [0.2, 0.25) is 0 Å². The van der Waals surface area contributed by atoms with E-state index in [2.05, 4.69) is 4.58 Å². The summed E-state index contributed by atoms with van der Waals surface area (Å²) in [5.74, 6) is 0. The summed E-state index contributed by atoms with van der Waals surface area (Å²) in [5.41, 5.74) is 1.78. The molecule has 0 spiro atoms. The van der Waals surface area contributed by atoms with Gasteiger partial charge in [-0.15, -0.1) is 0 Å². The Morgan fingerprint density at radius 2 is 1.25 bits per heavy atom. The van der Waals surface area contributed by atoms with Crippen molar-refractivity contribution in [2.24, 2.45) is 0 Å². The lowest BCUT2D eigenvalue weighted by Crippen LogP contribution is -2.28. The first-order chi connectivity index (χ1) is 5.97. The molecule has 0 aromatic rings. The third kappa shape index (κ3) is 1.88. The summed E-state index contributed by atoms with van der Waals surface area (Å²) in [6.07, 6.45) is 11.5. The van der Waals surface area contributed by atoms with Crippen LogP contribution in [0.3, 0.4) is 0 Å². The molecule has 0 N–H and O–H groups in total. The van der Waals surface area contributed by atoms with Gasteiger partial charge >= 0.3 is 0 Å². The van der Waals surface area contributed by atoms with E-state index in [1.165, 1.54) is 64.5 Å². The van der Waals surface area contributed by atoms with E-state index in [9.17, 15) is 0 Å². The second kappa shape index (κ2) is 4.06. The van der Waals surface area contributed by atoms with E-state index in [-0.39, 0.29) is 0 Å². The fourth-order valence-electron chi connectivity index (χ4n) is 2.49. The highest BCUT2D eigenvalue weighted by Gasteiger charge is 2.19. The lowest BCUT2D eigenvalue weighted by atomic mass is 9.97. The molecular formula is C11H20N+. The van der Waals surface area contributed by atoms with Crippen molar-refractivity contribution in [1.82, 2.24) is 0 Å². The van der Waals surface area contributed by atoms with Gasteiger partial charge in [0, 0.05) is 25.7 Å². The predicted octanol–water partition coefficient (Wildman–Crippen LogP) is 2.59. The minimum Gasteiger partial charge on any atom is -0.237 e. The molecule has 0 unspecified atom stereocenters. The van der Waals surface area contributed by atoms with Gasteiger partial charge in [0.2, 0.25) is 0 Å². The molecule has 1 heteroatoms. The summed E-state index contributed by atoms with van der Waals surface area (Å²) in [5, 5.41) is 0. The fraction of sp³-hybridized carbons (Fsp3) is 0.909. The highest BCUT2D eigenvalue weighted by atomic mass is 15.0. The molecule has 2 aliphatic rings. The predicted molar refractivity (Wildman–Crippen MR) is 51.9 cm³/mol. The fourth-order valence-corrected chi connectivity index (χ4v) is 2.49. The Hall–Kier alpha value is -0.330. The zero-order valence-electron chi connectivity index (χ0n) is 8.02. The molecule has 0 aromatic carbocycles. The minimum atomic E-state index is 1.36. The third-order valence-electron chi connectivity index (χ3n) is 3.23. The third-order valence-corrected chi connectivity index (χ3v) is 3.23. The van der Waals surface area contributed by atoms with E-state index in [0.717, 1.165) is 0 Å². The molecule has 0 amide bonds. The molecule has 68 valence electrons. The van der Waals surface area contributed by atoms with Gasteiger partial charge in [-0.1, -0.05) is 6.42 Å². The Balaban J connectivity index is 2.00. The van der Waals surface area contributed by atoms with E-state index in [1.807, 2.05) is 0 Å². The largest absolute Gasteiger partial charge is 0.237 e. The highest BCUT2D eigenvalue weighted by Crippen LogP contribution is 2.16. The normalized spacial score (nSPS) is 26.0. The first-order valence-electron chi connectivity index (χ1n) is 5.56. The van der Waals surface area contributed by atoms with Crippen LogP contribution in [-0.2, 0) is 0 Å². The highest BCUT2D eigenvalue weighted by molar-refractivity contribution is 5.80. The van der Waals surface area contributed by atoms with Crippen LogP contribution in [0.1, 0.15) is 51.4 Å². The van der Waals surface area contributed by atoms with Crippen molar-refractivity contribution in [2.45, 2.75) is 51.4 Å². The number of nitrogens with zero attached hydrogens (tertiary/aromatic N) is 1. The standard InChI is InChI=1S/C11H20N/c1-3-7-11(8-4-1)12-9-5-2-6-10-12/h1-10H2/q+1. The number of hydrogen-bond acceptors (Lipinski definition) is 0. The molecule has 2 rings (SSSR count). The Morgan fingerprint density at radius 1 is 0.667 bits per heavy atom. The van der Waals surface area contributed by atoms with Gasteiger partial charge in [-0.3, -0.25) is 0 Å². The topological polar surface area (TPSA) is 3.01 Å². The number of rotatable bonds is 0. The van der Waals surface area contributed by atoms with Crippen molar-refractivity contribution >= 4 is 5.71 Å². The first-order valence-corrected chi connectivity index (χ1v) is 5.56. The van der Waals surface area contributed by atoms with E-state index in [0.29, 0.717) is 0 Å². The number of piperidine rings is 1. The first kappa shape index (κ1) is 8.28. The van der Waals surface area contributed by atoms with Crippen molar-refractivity contribution in [3.63, 3.8) is 0 Å². The molecule has 1 heterocycles. The zero-order valence-corrected chi connectivity index (χ0v) is 8.02. The molecule has 0 bridgehead atoms. The van der Waals surface area contributed by atoms with Crippen molar-refractivity contribution < 1.29 is 4.58 Å². The lowest BCUT2D eigenvalue weighted by Gasteiger charge is -2.17. The number of hydrogen-bond donors (Lipinski definition) is 0. The maximum Gasteiger partial charge on any atom is 0.152 e. The van der Waals surface area contributed by atoms with Gasteiger partial charge in [-0.25, -0.2) is 4.58 Å². The van der Waals surface area contributed by atoms with Crippen molar-refractivity contribution in [1.29, 1.82) is 0 Å². The van der Waals surface area contributed by atoms with Crippen LogP contribution in [-0.4, -0.2) is 23.4 Å². The summed E-state index contributed by atoms with van der Waals surface area (Å²) in [6, 6.07) is 0. The van der Waals surface area contributed by atoms with Crippen molar-refractivity contribution in [3.8, 4) is 0 Å². The average molecular weight is 166 g/mol. The van der Waals surface area contributed by atoms with E-state index in [1.54, 1.807) is 5.71 Å². The molecule has 0 atom stereocenters. The van der Waals surface area contributed by atoms with Crippen LogP contribution < -0.4 is 0 Å².